The van der Waals surface area contributed by atoms with Crippen LogP contribution in [0.1, 0.15) is 22.8 Å². The lowest BCUT2D eigenvalue weighted by Gasteiger charge is -2.31. The number of methoxy groups -OCH3 is 1. The Morgan fingerprint density at radius 2 is 2.00 bits per heavy atom. The maximum Gasteiger partial charge on any atom is 0.318 e. The van der Waals surface area contributed by atoms with Gasteiger partial charge in [0.15, 0.2) is 5.60 Å². The fourth-order valence-electron chi connectivity index (χ4n) is 3.30. The molecular formula is C16H17NO6. The molecule has 3 atom stereocenters. The molecule has 7 heteroatoms. The number of ketones is 1. The summed E-state index contributed by atoms with van der Waals surface area (Å²) in [5.41, 5.74) is -4.05. The van der Waals surface area contributed by atoms with Gasteiger partial charge in [-0.15, -0.1) is 0 Å². The first kappa shape index (κ1) is 15.8. The molecule has 1 aliphatic heterocycles. The van der Waals surface area contributed by atoms with Gasteiger partial charge in [0.2, 0.25) is 11.5 Å². The minimum Gasteiger partial charge on any atom is -0.463 e. The van der Waals surface area contributed by atoms with E-state index in [9.17, 15) is 19.8 Å². The Morgan fingerprint density at radius 1 is 1.30 bits per heavy atom. The second kappa shape index (κ2) is 5.23. The molecule has 1 aliphatic carbocycles. The topological polar surface area (TPSA) is 105 Å². The van der Waals surface area contributed by atoms with Crippen molar-refractivity contribution in [3.05, 3.63) is 35.4 Å². The fourth-order valence-corrected chi connectivity index (χ4v) is 3.30. The van der Waals surface area contributed by atoms with Crippen molar-refractivity contribution in [2.75, 3.05) is 20.3 Å². The van der Waals surface area contributed by atoms with Crippen molar-refractivity contribution < 1.29 is 29.3 Å². The summed E-state index contributed by atoms with van der Waals surface area (Å²) < 4.78 is 9.83. The van der Waals surface area contributed by atoms with Gasteiger partial charge in [-0.3, -0.25) is 14.6 Å². The highest BCUT2D eigenvalue weighted by Crippen LogP contribution is 2.53. The summed E-state index contributed by atoms with van der Waals surface area (Å²) in [6.45, 7) is 1.65. The average molecular weight is 319 g/mol. The third kappa shape index (κ3) is 1.90. The van der Waals surface area contributed by atoms with Crippen molar-refractivity contribution in [1.82, 2.24) is 0 Å². The Labute approximate surface area is 132 Å². The standard InChI is InChI=1S/C16H17NO6/c1-9-12(14(19)23-8-7-22-2)15(20)13(18)10-5-3-4-6-11(10)16(15,21)17-9/h3-6,12,20-21H,7-8H2,1-2H3. The summed E-state index contributed by atoms with van der Waals surface area (Å²) in [7, 11) is 1.46. The van der Waals surface area contributed by atoms with Gasteiger partial charge in [-0.25, -0.2) is 0 Å². The Balaban J connectivity index is 2.03. The van der Waals surface area contributed by atoms with E-state index in [0.29, 0.717) is 0 Å². The number of nitrogens with zero attached hydrogens (tertiary/aromatic N) is 1. The largest absolute Gasteiger partial charge is 0.463 e. The Kier molecular flexibility index (Phi) is 3.59. The summed E-state index contributed by atoms with van der Waals surface area (Å²) in [4.78, 5) is 29.1. The zero-order valence-corrected chi connectivity index (χ0v) is 12.8. The molecule has 122 valence electrons. The number of aliphatic imine (C=N–C) groups is 1. The lowest BCUT2D eigenvalue weighted by molar-refractivity contribution is -0.165. The van der Waals surface area contributed by atoms with Crippen LogP contribution in [-0.2, 0) is 20.0 Å². The first-order valence-corrected chi connectivity index (χ1v) is 7.19. The molecule has 3 unspecified atom stereocenters. The molecule has 1 aromatic carbocycles. The zero-order valence-electron chi connectivity index (χ0n) is 12.8. The van der Waals surface area contributed by atoms with Gasteiger partial charge < -0.3 is 19.7 Å². The quantitative estimate of drug-likeness (QED) is 0.599. The molecule has 0 aromatic heterocycles. The smallest absolute Gasteiger partial charge is 0.318 e. The van der Waals surface area contributed by atoms with E-state index in [2.05, 4.69) is 4.99 Å². The van der Waals surface area contributed by atoms with E-state index >= 15 is 0 Å². The lowest BCUT2D eigenvalue weighted by Crippen LogP contribution is -2.56. The molecule has 0 radical (unpaired) electrons. The minimum atomic E-state index is -2.38. The Morgan fingerprint density at radius 3 is 2.70 bits per heavy atom. The maximum atomic E-state index is 12.7. The van der Waals surface area contributed by atoms with Crippen LogP contribution in [0.3, 0.4) is 0 Å². The van der Waals surface area contributed by atoms with E-state index < -0.39 is 29.0 Å². The SMILES string of the molecule is COCCOC(=O)C1C(C)=NC2(O)c3ccccc3C(=O)C12O. The number of hydrogen-bond acceptors (Lipinski definition) is 7. The summed E-state index contributed by atoms with van der Waals surface area (Å²) in [5.74, 6) is -2.91. The number of Topliss-reactive ketones (excluding diaryl/α,β-unsaturated/α-hetero) is 1. The number of fused-ring (bicyclic) bond motifs is 3. The summed E-state index contributed by atoms with van der Waals surface area (Å²) in [6.07, 6.45) is 0. The van der Waals surface area contributed by atoms with Crippen LogP contribution in [0.25, 0.3) is 0 Å². The highest BCUT2D eigenvalue weighted by atomic mass is 16.6. The van der Waals surface area contributed by atoms with Gasteiger partial charge in [-0.2, -0.15) is 0 Å². The number of benzene rings is 1. The van der Waals surface area contributed by atoms with Crippen molar-refractivity contribution in [1.29, 1.82) is 0 Å². The van der Waals surface area contributed by atoms with Crippen LogP contribution in [0.5, 0.6) is 0 Å². The molecule has 0 amide bonds. The van der Waals surface area contributed by atoms with Gasteiger partial charge in [0.05, 0.1) is 6.61 Å². The van der Waals surface area contributed by atoms with Crippen LogP contribution in [0, 0.1) is 5.92 Å². The van der Waals surface area contributed by atoms with E-state index in [1.165, 1.54) is 26.2 Å². The molecule has 0 bridgehead atoms. The van der Waals surface area contributed by atoms with Crippen molar-refractivity contribution in [3.63, 3.8) is 0 Å². The van der Waals surface area contributed by atoms with Gasteiger partial charge in [0.25, 0.3) is 0 Å². The third-order valence-electron chi connectivity index (χ3n) is 4.37. The number of hydrogen-bond donors (Lipinski definition) is 2. The molecule has 2 aliphatic rings. The van der Waals surface area contributed by atoms with Crippen molar-refractivity contribution in [2.24, 2.45) is 10.9 Å². The van der Waals surface area contributed by atoms with Crippen LogP contribution in [0.4, 0.5) is 0 Å². The minimum absolute atomic E-state index is 0.0191. The summed E-state index contributed by atoms with van der Waals surface area (Å²) in [6, 6.07) is 6.25. The molecule has 0 fully saturated rings. The molecule has 0 saturated carbocycles. The molecule has 0 saturated heterocycles. The molecule has 7 nitrogen and oxygen atoms in total. The number of ether oxygens (including phenoxy) is 2. The second-order valence-electron chi connectivity index (χ2n) is 5.66. The van der Waals surface area contributed by atoms with Crippen molar-refractivity contribution in [3.8, 4) is 0 Å². The van der Waals surface area contributed by atoms with E-state index in [1.54, 1.807) is 12.1 Å². The number of aliphatic hydroxyl groups is 2. The predicted octanol–water partition coefficient (Wildman–Crippen LogP) is 0.0394. The summed E-state index contributed by atoms with van der Waals surface area (Å²) >= 11 is 0. The first-order chi connectivity index (χ1) is 10.9. The van der Waals surface area contributed by atoms with Gasteiger partial charge in [0.1, 0.15) is 12.5 Å². The summed E-state index contributed by atoms with van der Waals surface area (Å²) in [5, 5.41) is 21.9. The monoisotopic (exact) mass is 319 g/mol. The second-order valence-corrected chi connectivity index (χ2v) is 5.66. The Hall–Kier alpha value is -2.09. The van der Waals surface area contributed by atoms with Crippen molar-refractivity contribution in [2.45, 2.75) is 18.2 Å². The molecule has 2 N–H and O–H groups in total. The zero-order chi connectivity index (χ0) is 16.8. The van der Waals surface area contributed by atoms with Gasteiger partial charge in [0, 0.05) is 23.9 Å². The van der Waals surface area contributed by atoms with Crippen LogP contribution in [0.15, 0.2) is 29.3 Å². The molecule has 0 spiro atoms. The van der Waals surface area contributed by atoms with Gasteiger partial charge >= 0.3 is 5.97 Å². The van der Waals surface area contributed by atoms with E-state index in [0.717, 1.165) is 0 Å². The molecule has 1 heterocycles. The number of carbonyl (C=O) groups is 2. The number of carbonyl (C=O) groups excluding carboxylic acids is 2. The van der Waals surface area contributed by atoms with Gasteiger partial charge in [-0.1, -0.05) is 24.3 Å². The fraction of sp³-hybridized carbons (Fsp3) is 0.438. The average Bonchev–Trinajstić information content (AvgIpc) is 2.83. The van der Waals surface area contributed by atoms with Crippen molar-refractivity contribution >= 4 is 17.5 Å². The number of rotatable bonds is 4. The Bertz CT molecular complexity index is 714. The maximum absolute atomic E-state index is 12.7. The molecular weight excluding hydrogens is 302 g/mol. The predicted molar refractivity (Wildman–Crippen MR) is 79.1 cm³/mol. The van der Waals surface area contributed by atoms with Crippen LogP contribution < -0.4 is 0 Å². The highest BCUT2D eigenvalue weighted by molar-refractivity contribution is 6.18. The van der Waals surface area contributed by atoms with E-state index in [1.807, 2.05) is 0 Å². The van der Waals surface area contributed by atoms with Crippen LogP contribution >= 0.6 is 0 Å². The third-order valence-corrected chi connectivity index (χ3v) is 4.37. The van der Waals surface area contributed by atoms with Crippen LogP contribution in [-0.4, -0.2) is 53.6 Å². The molecule has 1 aromatic rings. The molecule has 3 rings (SSSR count). The number of esters is 1. The molecule has 23 heavy (non-hydrogen) atoms. The van der Waals surface area contributed by atoms with Crippen LogP contribution in [0.2, 0.25) is 0 Å². The van der Waals surface area contributed by atoms with Gasteiger partial charge in [-0.05, 0) is 6.92 Å². The van der Waals surface area contributed by atoms with E-state index in [-0.39, 0.29) is 30.1 Å². The lowest BCUT2D eigenvalue weighted by atomic mass is 9.79. The normalized spacial score (nSPS) is 31.6. The van der Waals surface area contributed by atoms with E-state index in [4.69, 9.17) is 9.47 Å². The highest BCUT2D eigenvalue weighted by Gasteiger charge is 2.72. The first-order valence-electron chi connectivity index (χ1n) is 7.19.